The summed E-state index contributed by atoms with van der Waals surface area (Å²) in [4.78, 5) is 27.3. The van der Waals surface area contributed by atoms with E-state index in [0.717, 1.165) is 21.2 Å². The molecule has 2 aromatic carbocycles. The first-order valence-electron chi connectivity index (χ1n) is 7.90. The molecule has 4 aromatic rings. The molecule has 0 aliphatic rings. The Bertz CT molecular complexity index is 1160. The van der Waals surface area contributed by atoms with Crippen molar-refractivity contribution in [3.8, 4) is 0 Å². The molecule has 7 nitrogen and oxygen atoms in total. The molecule has 0 saturated carbocycles. The molecule has 0 fully saturated rings. The fourth-order valence-electron chi connectivity index (χ4n) is 2.82. The molecule has 2 aromatic heterocycles. The Kier molecular flexibility index (Phi) is 3.89. The van der Waals surface area contributed by atoms with Gasteiger partial charge >= 0.3 is 0 Å². The van der Waals surface area contributed by atoms with Crippen molar-refractivity contribution in [2.45, 2.75) is 13.5 Å². The number of hydrogen-bond acceptors (Lipinski definition) is 5. The highest BCUT2D eigenvalue weighted by Crippen LogP contribution is 2.27. The number of nitro groups is 1. The van der Waals surface area contributed by atoms with Crippen LogP contribution in [0.4, 0.5) is 10.8 Å². The van der Waals surface area contributed by atoms with Gasteiger partial charge in [0.1, 0.15) is 6.54 Å². The maximum atomic E-state index is 12.4. The van der Waals surface area contributed by atoms with Crippen LogP contribution in [0.25, 0.3) is 21.1 Å². The van der Waals surface area contributed by atoms with Crippen molar-refractivity contribution in [1.29, 1.82) is 0 Å². The topological polar surface area (TPSA) is 90.1 Å². The maximum absolute atomic E-state index is 12.4. The Hall–Kier alpha value is -3.26. The third-order valence-corrected chi connectivity index (χ3v) is 5.01. The molecule has 1 amide bonds. The van der Waals surface area contributed by atoms with E-state index in [1.807, 2.05) is 31.2 Å². The number of fused-ring (bicyclic) bond motifs is 2. The Labute approximate surface area is 152 Å². The smallest absolute Gasteiger partial charge is 0.271 e. The van der Waals surface area contributed by atoms with Gasteiger partial charge in [0.2, 0.25) is 5.91 Å². The lowest BCUT2D eigenvalue weighted by atomic mass is 10.2. The van der Waals surface area contributed by atoms with E-state index in [9.17, 15) is 14.9 Å². The summed E-state index contributed by atoms with van der Waals surface area (Å²) in [6.07, 6.45) is 1.75. The van der Waals surface area contributed by atoms with Crippen LogP contribution in [0.15, 0.2) is 48.7 Å². The first kappa shape index (κ1) is 16.2. The molecule has 0 bridgehead atoms. The minimum Gasteiger partial charge on any atom is -0.338 e. The lowest BCUT2D eigenvalue weighted by molar-refractivity contribution is -0.384. The van der Waals surface area contributed by atoms with Gasteiger partial charge < -0.3 is 9.88 Å². The monoisotopic (exact) mass is 366 g/mol. The van der Waals surface area contributed by atoms with E-state index < -0.39 is 4.92 Å². The molecule has 1 N–H and O–H groups in total. The lowest BCUT2D eigenvalue weighted by Gasteiger charge is -2.05. The van der Waals surface area contributed by atoms with E-state index in [-0.39, 0.29) is 18.1 Å². The van der Waals surface area contributed by atoms with Gasteiger partial charge in [0.15, 0.2) is 5.13 Å². The number of carbonyl (C=O) groups is 1. The highest BCUT2D eigenvalue weighted by Gasteiger charge is 2.13. The average molecular weight is 366 g/mol. The Morgan fingerprint density at radius 3 is 2.92 bits per heavy atom. The van der Waals surface area contributed by atoms with Crippen molar-refractivity contribution in [3.05, 3.63) is 64.3 Å². The molecule has 4 rings (SSSR count). The van der Waals surface area contributed by atoms with E-state index >= 15 is 0 Å². The number of benzene rings is 2. The number of aromatic nitrogens is 2. The van der Waals surface area contributed by atoms with Crippen molar-refractivity contribution >= 4 is 49.2 Å². The number of non-ortho nitro benzene ring substituents is 1. The number of rotatable bonds is 4. The highest BCUT2D eigenvalue weighted by atomic mass is 32.1. The largest absolute Gasteiger partial charge is 0.338 e. The first-order chi connectivity index (χ1) is 12.5. The van der Waals surface area contributed by atoms with Crippen molar-refractivity contribution in [2.75, 3.05) is 5.32 Å². The zero-order valence-corrected chi connectivity index (χ0v) is 14.6. The van der Waals surface area contributed by atoms with Gasteiger partial charge in [-0.2, -0.15) is 0 Å². The van der Waals surface area contributed by atoms with Crippen LogP contribution < -0.4 is 5.32 Å². The second-order valence-electron chi connectivity index (χ2n) is 5.98. The second kappa shape index (κ2) is 6.23. The molecule has 0 radical (unpaired) electrons. The molecule has 130 valence electrons. The molecule has 0 unspecified atom stereocenters. The molecule has 26 heavy (non-hydrogen) atoms. The lowest BCUT2D eigenvalue weighted by Crippen LogP contribution is -2.18. The SMILES string of the molecule is Cc1ccc2nc(NC(=O)Cn3ccc4ccc([N+](=O)[O-])cc43)sc2c1. The molecular weight excluding hydrogens is 352 g/mol. The summed E-state index contributed by atoms with van der Waals surface area (Å²) in [6, 6.07) is 12.4. The van der Waals surface area contributed by atoms with Crippen molar-refractivity contribution < 1.29 is 9.72 Å². The molecule has 0 spiro atoms. The first-order valence-corrected chi connectivity index (χ1v) is 8.71. The van der Waals surface area contributed by atoms with Crippen LogP contribution in [-0.4, -0.2) is 20.4 Å². The predicted octanol–water partition coefficient (Wildman–Crippen LogP) is 4.11. The van der Waals surface area contributed by atoms with E-state index in [0.29, 0.717) is 10.6 Å². The standard InChI is InChI=1S/C18H14N4O3S/c1-11-2-5-14-16(8-11)26-18(19-14)20-17(23)10-21-7-6-12-3-4-13(22(24)25)9-15(12)21/h2-9H,10H2,1H3,(H,19,20,23). The molecule has 0 aliphatic heterocycles. The maximum Gasteiger partial charge on any atom is 0.271 e. The molecule has 0 atom stereocenters. The zero-order chi connectivity index (χ0) is 18.3. The second-order valence-corrected chi connectivity index (χ2v) is 7.01. The van der Waals surface area contributed by atoms with E-state index in [1.54, 1.807) is 16.8 Å². The fourth-order valence-corrected chi connectivity index (χ4v) is 3.80. The van der Waals surface area contributed by atoms with E-state index in [4.69, 9.17) is 0 Å². The molecular formula is C18H14N4O3S. The van der Waals surface area contributed by atoms with Crippen LogP contribution in [0.5, 0.6) is 0 Å². The van der Waals surface area contributed by atoms with Gasteiger partial charge in [-0.3, -0.25) is 14.9 Å². The van der Waals surface area contributed by atoms with Gasteiger partial charge in [0, 0.05) is 23.7 Å². The van der Waals surface area contributed by atoms with Crippen LogP contribution in [0.3, 0.4) is 0 Å². The van der Waals surface area contributed by atoms with Gasteiger partial charge in [0.25, 0.3) is 5.69 Å². The number of thiazole rings is 1. The Morgan fingerprint density at radius 2 is 2.12 bits per heavy atom. The molecule has 8 heteroatoms. The summed E-state index contributed by atoms with van der Waals surface area (Å²) in [5.41, 5.74) is 2.63. The zero-order valence-electron chi connectivity index (χ0n) is 13.8. The van der Waals surface area contributed by atoms with Gasteiger partial charge in [-0.15, -0.1) is 0 Å². The van der Waals surface area contributed by atoms with Crippen molar-refractivity contribution in [2.24, 2.45) is 0 Å². The van der Waals surface area contributed by atoms with E-state index in [2.05, 4.69) is 10.3 Å². The van der Waals surface area contributed by atoms with Gasteiger partial charge in [0.05, 0.1) is 20.7 Å². The molecule has 2 heterocycles. The van der Waals surface area contributed by atoms with Crippen LogP contribution in [-0.2, 0) is 11.3 Å². The Balaban J connectivity index is 1.56. The third-order valence-electron chi connectivity index (χ3n) is 4.07. The minimum atomic E-state index is -0.444. The average Bonchev–Trinajstić information content (AvgIpc) is 3.17. The number of anilines is 1. The summed E-state index contributed by atoms with van der Waals surface area (Å²) >= 11 is 1.42. The van der Waals surface area contributed by atoms with Crippen LogP contribution in [0.2, 0.25) is 0 Å². The number of hydrogen-bond donors (Lipinski definition) is 1. The minimum absolute atomic E-state index is 0.000555. The number of nitrogens with zero attached hydrogens (tertiary/aromatic N) is 3. The normalized spacial score (nSPS) is 11.1. The summed E-state index contributed by atoms with van der Waals surface area (Å²) in [6.45, 7) is 2.06. The van der Waals surface area contributed by atoms with Crippen molar-refractivity contribution in [3.63, 3.8) is 0 Å². The van der Waals surface area contributed by atoms with Gasteiger partial charge in [-0.1, -0.05) is 17.4 Å². The number of amides is 1. The summed E-state index contributed by atoms with van der Waals surface area (Å²) in [5, 5.41) is 15.2. The highest BCUT2D eigenvalue weighted by molar-refractivity contribution is 7.22. The van der Waals surface area contributed by atoms with Crippen LogP contribution >= 0.6 is 11.3 Å². The number of carbonyl (C=O) groups excluding carboxylic acids is 1. The molecule has 0 aliphatic carbocycles. The van der Waals surface area contributed by atoms with Crippen LogP contribution in [0, 0.1) is 17.0 Å². The summed E-state index contributed by atoms with van der Waals surface area (Å²) in [7, 11) is 0. The van der Waals surface area contributed by atoms with Crippen LogP contribution in [0.1, 0.15) is 5.56 Å². The predicted molar refractivity (Wildman–Crippen MR) is 102 cm³/mol. The summed E-state index contributed by atoms with van der Waals surface area (Å²) < 4.78 is 2.71. The number of nitro benzene ring substituents is 1. The van der Waals surface area contributed by atoms with E-state index in [1.165, 1.54) is 23.5 Å². The quantitative estimate of drug-likeness (QED) is 0.435. The molecule has 0 saturated heterocycles. The van der Waals surface area contributed by atoms with Gasteiger partial charge in [-0.05, 0) is 36.8 Å². The van der Waals surface area contributed by atoms with Crippen molar-refractivity contribution in [1.82, 2.24) is 9.55 Å². The van der Waals surface area contributed by atoms with Gasteiger partial charge in [-0.25, -0.2) is 4.98 Å². The third kappa shape index (κ3) is 3.02. The summed E-state index contributed by atoms with van der Waals surface area (Å²) in [5.74, 6) is -0.232. The number of aryl methyl sites for hydroxylation is 1. The number of nitrogens with one attached hydrogen (secondary N) is 1. The fraction of sp³-hybridized carbons (Fsp3) is 0.111. The Morgan fingerprint density at radius 1 is 1.27 bits per heavy atom.